The number of carbonyl (C=O) groups is 4. The summed E-state index contributed by atoms with van der Waals surface area (Å²) >= 11 is 0. The van der Waals surface area contributed by atoms with Gasteiger partial charge in [0.1, 0.15) is 36.3 Å². The predicted molar refractivity (Wildman–Crippen MR) is 296 cm³/mol. The van der Waals surface area contributed by atoms with Crippen LogP contribution >= 0.6 is 0 Å². The van der Waals surface area contributed by atoms with E-state index in [4.69, 9.17) is 82.0 Å². The predicted octanol–water partition coefficient (Wildman–Crippen LogP) is -3.67. The van der Waals surface area contributed by atoms with Gasteiger partial charge >= 0.3 is 42.7 Å². The third-order valence-corrected chi connectivity index (χ3v) is 17.3. The van der Waals surface area contributed by atoms with E-state index in [0.29, 0.717) is 74.5 Å². The molecule has 0 aliphatic carbocycles. The molecule has 16 aliphatic heterocycles. The Bertz CT molecular complexity index is 2270. The second-order valence-corrected chi connectivity index (χ2v) is 22.9. The first-order chi connectivity index (χ1) is 41.1. The van der Waals surface area contributed by atoms with E-state index < -0.39 is 23.9 Å². The smallest absolute Gasteiger partial charge is 1.00 e. The number of hydrogen-bond donors (Lipinski definition) is 4. The van der Waals surface area contributed by atoms with E-state index in [9.17, 15) is 19.2 Å². The van der Waals surface area contributed by atoms with Crippen molar-refractivity contribution in [3.8, 4) is 0 Å². The first-order valence-corrected chi connectivity index (χ1v) is 29.2. The Balaban J connectivity index is 0.000000136. The van der Waals surface area contributed by atoms with Crippen LogP contribution in [0.1, 0.15) is 1.43 Å². The molecule has 1 aromatic rings. The first-order valence-electron chi connectivity index (χ1n) is 29.2. The van der Waals surface area contributed by atoms with Gasteiger partial charge in [-0.2, -0.15) is 0 Å². The largest absolute Gasteiger partial charge is 1.00 e. The Labute approximate surface area is 522 Å². The number of rotatable bonds is 20. The number of cyclic esters (lactones) is 4. The maximum Gasteiger partial charge on any atom is 1.00 e. The number of carbonyl (C=O) groups excluding carboxylic acids is 4. The molecule has 468 valence electrons. The Hall–Kier alpha value is -3.55. The van der Waals surface area contributed by atoms with Gasteiger partial charge in [0.2, 0.25) is 0 Å². The van der Waals surface area contributed by atoms with Gasteiger partial charge < -0.3 is 97.3 Å². The summed E-state index contributed by atoms with van der Waals surface area (Å²) in [6, 6.07) is 3.67. The molecule has 10 fully saturated rings. The van der Waals surface area contributed by atoms with Crippen LogP contribution in [0.2, 0.25) is 0 Å². The van der Waals surface area contributed by atoms with Crippen LogP contribution in [0.3, 0.4) is 0 Å². The van der Waals surface area contributed by atoms with Crippen molar-refractivity contribution in [3.05, 3.63) is 97.6 Å². The molecule has 0 amide bonds. The fourth-order valence-electron chi connectivity index (χ4n) is 12.3. The van der Waals surface area contributed by atoms with Crippen LogP contribution in [-0.4, -0.2) is 253 Å². The molecular formula is C60H80AlLiO24. The van der Waals surface area contributed by atoms with E-state index in [1.807, 2.05) is 48.6 Å². The molecule has 17 heterocycles. The molecule has 24 nitrogen and oxygen atoms in total. The van der Waals surface area contributed by atoms with Crippen LogP contribution in [0.4, 0.5) is 0 Å². The zero-order valence-electron chi connectivity index (χ0n) is 48.4. The fourth-order valence-corrected chi connectivity index (χ4v) is 12.3. The van der Waals surface area contributed by atoms with Gasteiger partial charge in [-0.05, 0) is 12.1 Å². The zero-order valence-corrected chi connectivity index (χ0v) is 47.4. The number of aliphatic hydroxyl groups is 4. The molecule has 0 saturated carbocycles. The van der Waals surface area contributed by atoms with Crippen molar-refractivity contribution in [2.45, 2.75) is 85.5 Å². The number of fused-ring (bicyclic) bond motifs is 13. The molecule has 10 bridgehead atoms. The van der Waals surface area contributed by atoms with Gasteiger partial charge in [0.15, 0.2) is 17.4 Å². The fraction of sp³-hybridized carbons (Fsp3) is 0.667. The zero-order chi connectivity index (χ0) is 58.1. The van der Waals surface area contributed by atoms with E-state index >= 15 is 0 Å². The minimum absolute atomic E-state index is 0. The number of esters is 4. The van der Waals surface area contributed by atoms with Crippen molar-refractivity contribution < 1.29 is 135 Å². The number of hydrogen-bond acceptors (Lipinski definition) is 24. The van der Waals surface area contributed by atoms with Crippen LogP contribution in [0.5, 0.6) is 0 Å². The summed E-state index contributed by atoms with van der Waals surface area (Å²) in [6.07, 6.45) is 27.5. The summed E-state index contributed by atoms with van der Waals surface area (Å²) in [4.78, 5) is 42.0. The van der Waals surface area contributed by atoms with E-state index in [1.165, 1.54) is 0 Å². The van der Waals surface area contributed by atoms with Crippen LogP contribution in [0.15, 0.2) is 102 Å². The monoisotopic (exact) mass is 1220 g/mol. The molecule has 4 N–H and O–H groups in total. The van der Waals surface area contributed by atoms with E-state index in [2.05, 4.69) is 38.2 Å². The number of ether oxygens (including phenoxy) is 15. The average Bonchev–Trinajstić information content (AvgIpc) is 1.65. The van der Waals surface area contributed by atoms with Crippen LogP contribution in [0.25, 0.3) is 0 Å². The van der Waals surface area contributed by atoms with Gasteiger partial charge in [-0.3, -0.25) is 9.59 Å². The molecule has 24 atom stereocenters. The van der Waals surface area contributed by atoms with Crippen LogP contribution in [0, 0.1) is 59.2 Å². The van der Waals surface area contributed by atoms with Crippen LogP contribution < -0.4 is 18.9 Å². The van der Waals surface area contributed by atoms with Crippen molar-refractivity contribution in [3.63, 3.8) is 0 Å². The molecule has 0 spiro atoms. The molecule has 17 rings (SSSR count). The summed E-state index contributed by atoms with van der Waals surface area (Å²) in [7, 11) is 0. The van der Waals surface area contributed by atoms with Crippen molar-refractivity contribution >= 4 is 41.2 Å². The standard InChI is InChI=1S/2C14H20O5.C8H6O4.2C8H12O3.C4H2O3.C4H4O.Al.Li.4H/c2*1-2-14-12(8-16-4-10-6-18-10)11(13(1)19-14)7-15-3-9-5-17-9;9-7-5-3-1-2-4(11-3)6(5)8(10)12-7;2*9-3-5-6(4-10)8-2-1-7(5)11-8;5-3-1-2-4(6)7-3;1-2-4-5-3-1;;;;;;/h2*1-2,9-14H,3-8H2;1-6H;2*1-2,5-10H,3-4H2;1-2H;1-4H;;;;;;/q;;;;;;;;+1;;;;-1. The Kier molecular flexibility index (Phi) is 24.8. The SMILES string of the molecule is C1=CC2OC1C(COCC1CO1)C2COCC1CO1.C1=CC2OC1C(COCC1CO1)C2COCC1CO1.O=C1C=CC(=O)O1.O=C1OC(=O)C2C3C=CC(O3)C12.OCC1C2C=CC(O2)C1CO.OCC1C2C=CC(O2)C1CO.[AlH3].[H-].[Li+].c1ccoc1. The van der Waals surface area contributed by atoms with Crippen LogP contribution in [-0.2, 0) is 90.2 Å². The van der Waals surface area contributed by atoms with E-state index in [-0.39, 0.29) is 161 Å². The maximum atomic E-state index is 11.1. The first kappa shape index (κ1) is 66.9. The minimum Gasteiger partial charge on any atom is -1.00 e. The van der Waals surface area contributed by atoms with E-state index in [1.54, 1.807) is 12.5 Å². The molecule has 86 heavy (non-hydrogen) atoms. The Morgan fingerprint density at radius 1 is 0.372 bits per heavy atom. The van der Waals surface area contributed by atoms with Crippen molar-refractivity contribution in [2.24, 2.45) is 59.2 Å². The normalized spacial score (nSPS) is 41.0. The van der Waals surface area contributed by atoms with Crippen molar-refractivity contribution in [1.29, 1.82) is 0 Å². The summed E-state index contributed by atoms with van der Waals surface area (Å²) in [5.74, 6) is -0.681. The van der Waals surface area contributed by atoms with Crippen molar-refractivity contribution in [1.82, 2.24) is 0 Å². The second-order valence-electron chi connectivity index (χ2n) is 22.9. The summed E-state index contributed by atoms with van der Waals surface area (Å²) in [5, 5.41) is 35.9. The number of epoxide rings is 4. The van der Waals surface area contributed by atoms with Gasteiger partial charge in [0.05, 0.1) is 153 Å². The Morgan fingerprint density at radius 3 is 0.826 bits per heavy atom. The number of aliphatic hydroxyl groups excluding tert-OH is 4. The summed E-state index contributed by atoms with van der Waals surface area (Å²) < 4.78 is 84.7. The molecular weight excluding hydrogens is 1140 g/mol. The third-order valence-electron chi connectivity index (χ3n) is 17.3. The minimum atomic E-state index is -0.579. The summed E-state index contributed by atoms with van der Waals surface area (Å²) in [6.45, 7) is 9.60. The molecule has 16 aliphatic rings. The molecule has 10 saturated heterocycles. The van der Waals surface area contributed by atoms with Gasteiger partial charge in [-0.25, -0.2) is 9.59 Å². The third kappa shape index (κ3) is 17.3. The van der Waals surface area contributed by atoms with E-state index in [0.717, 1.165) is 65.0 Å². The molecule has 0 radical (unpaired) electrons. The van der Waals surface area contributed by atoms with Crippen molar-refractivity contribution in [2.75, 3.05) is 106 Å². The topological polar surface area (TPSA) is 314 Å². The Morgan fingerprint density at radius 2 is 0.616 bits per heavy atom. The molecule has 26 heteroatoms. The molecule has 24 unspecified atom stereocenters. The maximum absolute atomic E-state index is 11.1. The van der Waals surface area contributed by atoms with Gasteiger partial charge in [-0.1, -0.05) is 60.8 Å². The second kappa shape index (κ2) is 32.0. The van der Waals surface area contributed by atoms with Gasteiger partial charge in [-0.15, -0.1) is 0 Å². The number of furan rings is 1. The molecule has 1 aromatic heterocycles. The quantitative estimate of drug-likeness (QED) is 0.0321. The van der Waals surface area contributed by atoms with Gasteiger partial charge in [0, 0.05) is 85.9 Å². The summed E-state index contributed by atoms with van der Waals surface area (Å²) in [5.41, 5.74) is 0. The van der Waals surface area contributed by atoms with Gasteiger partial charge in [0.25, 0.3) is 0 Å². The average molecular weight is 1220 g/mol. The molecule has 0 aromatic carbocycles.